The van der Waals surface area contributed by atoms with E-state index in [9.17, 15) is 4.79 Å². The van der Waals surface area contributed by atoms with E-state index in [2.05, 4.69) is 10.3 Å². The molecule has 1 atom stereocenters. The summed E-state index contributed by atoms with van der Waals surface area (Å²) in [5.74, 6) is -0.00163. The molecule has 1 aromatic heterocycles. The fourth-order valence-electron chi connectivity index (χ4n) is 2.28. The number of oxazole rings is 1. The van der Waals surface area contributed by atoms with Crippen LogP contribution >= 0.6 is 0 Å². The minimum Gasteiger partial charge on any atom is -0.443 e. The molecule has 1 aromatic carbocycles. The molecule has 2 heterocycles. The number of carbonyl (C=O) groups is 1. The Hall–Kier alpha value is -1.88. The first kappa shape index (κ1) is 12.2. The smallest absolute Gasteiger partial charge is 0.249 e. The Morgan fingerprint density at radius 2 is 2.42 bits per heavy atom. The molecule has 2 aromatic rings. The van der Waals surface area contributed by atoms with Gasteiger partial charge in [0.2, 0.25) is 5.91 Å². The molecule has 1 amide bonds. The lowest BCUT2D eigenvalue weighted by Gasteiger charge is -2.10. The van der Waals surface area contributed by atoms with E-state index in [0.717, 1.165) is 35.9 Å². The molecular weight excluding hydrogens is 244 g/mol. The molecule has 0 radical (unpaired) electrons. The zero-order valence-corrected chi connectivity index (χ0v) is 10.6. The minimum absolute atomic E-state index is 0.00163. The molecule has 5 heteroatoms. The van der Waals surface area contributed by atoms with Crippen LogP contribution in [0, 0.1) is 0 Å². The third-order valence-corrected chi connectivity index (χ3v) is 3.33. The highest BCUT2D eigenvalue weighted by Gasteiger charge is 2.22. The topological polar surface area (TPSA) is 64.4 Å². The van der Waals surface area contributed by atoms with Gasteiger partial charge in [-0.15, -0.1) is 0 Å². The molecule has 0 spiro atoms. The lowest BCUT2D eigenvalue weighted by molar-refractivity contribution is -0.129. The number of amides is 1. The van der Waals surface area contributed by atoms with Gasteiger partial charge in [-0.05, 0) is 37.0 Å². The molecular formula is C14H16N2O3. The van der Waals surface area contributed by atoms with Gasteiger partial charge in [-0.25, -0.2) is 4.98 Å². The third-order valence-electron chi connectivity index (χ3n) is 3.33. The normalized spacial score (nSPS) is 18.8. The molecule has 3 rings (SSSR count). The van der Waals surface area contributed by atoms with Gasteiger partial charge in [0.05, 0.1) is 0 Å². The van der Waals surface area contributed by atoms with Gasteiger partial charge in [0.1, 0.15) is 11.6 Å². The number of nitrogens with one attached hydrogen (secondary N) is 1. The third kappa shape index (κ3) is 2.76. The Balaban J connectivity index is 1.52. The van der Waals surface area contributed by atoms with E-state index >= 15 is 0 Å². The number of fused-ring (bicyclic) bond motifs is 1. The van der Waals surface area contributed by atoms with Crippen molar-refractivity contribution in [3.05, 3.63) is 30.2 Å². The van der Waals surface area contributed by atoms with Crippen LogP contribution in [0.15, 0.2) is 29.0 Å². The van der Waals surface area contributed by atoms with E-state index in [1.165, 1.54) is 6.39 Å². The molecule has 100 valence electrons. The average molecular weight is 260 g/mol. The highest BCUT2D eigenvalue weighted by molar-refractivity contribution is 5.81. The van der Waals surface area contributed by atoms with Crippen molar-refractivity contribution in [1.82, 2.24) is 10.3 Å². The Bertz CT molecular complexity index is 573. The zero-order chi connectivity index (χ0) is 13.1. The summed E-state index contributed by atoms with van der Waals surface area (Å²) < 4.78 is 10.6. The monoisotopic (exact) mass is 260 g/mol. The first-order valence-corrected chi connectivity index (χ1v) is 6.54. The van der Waals surface area contributed by atoms with Crippen LogP contribution in [0.5, 0.6) is 0 Å². The van der Waals surface area contributed by atoms with Crippen LogP contribution in [-0.2, 0) is 16.0 Å². The zero-order valence-electron chi connectivity index (χ0n) is 10.6. The number of hydrogen-bond acceptors (Lipinski definition) is 4. The standard InChI is InChI=1S/C14H16N2O3/c17-14(12-2-1-7-18-12)15-6-5-10-3-4-11-13(8-10)19-9-16-11/h3-4,8-9,12H,1-2,5-7H2,(H,15,17). The second-order valence-electron chi connectivity index (χ2n) is 4.70. The van der Waals surface area contributed by atoms with Gasteiger partial charge >= 0.3 is 0 Å². The summed E-state index contributed by atoms with van der Waals surface area (Å²) in [6.45, 7) is 1.30. The van der Waals surface area contributed by atoms with Gasteiger partial charge in [0, 0.05) is 13.2 Å². The van der Waals surface area contributed by atoms with Crippen molar-refractivity contribution >= 4 is 17.0 Å². The number of hydrogen-bond donors (Lipinski definition) is 1. The predicted molar refractivity (Wildman–Crippen MR) is 69.7 cm³/mol. The maximum absolute atomic E-state index is 11.7. The van der Waals surface area contributed by atoms with Crippen LogP contribution in [0.25, 0.3) is 11.1 Å². The van der Waals surface area contributed by atoms with Gasteiger partial charge in [-0.1, -0.05) is 6.07 Å². The van der Waals surface area contributed by atoms with Crippen LogP contribution in [0.2, 0.25) is 0 Å². The number of ether oxygens (including phenoxy) is 1. The molecule has 1 fully saturated rings. The van der Waals surface area contributed by atoms with E-state index in [-0.39, 0.29) is 12.0 Å². The maximum atomic E-state index is 11.7. The summed E-state index contributed by atoms with van der Waals surface area (Å²) in [5.41, 5.74) is 2.76. The van der Waals surface area contributed by atoms with Crippen molar-refractivity contribution in [2.24, 2.45) is 0 Å². The fourth-order valence-corrected chi connectivity index (χ4v) is 2.28. The fraction of sp³-hybridized carbons (Fsp3) is 0.429. The van der Waals surface area contributed by atoms with Crippen molar-refractivity contribution in [1.29, 1.82) is 0 Å². The largest absolute Gasteiger partial charge is 0.443 e. The van der Waals surface area contributed by atoms with Crippen LogP contribution in [-0.4, -0.2) is 30.1 Å². The predicted octanol–water partition coefficient (Wildman–Crippen LogP) is 1.67. The van der Waals surface area contributed by atoms with Crippen molar-refractivity contribution < 1.29 is 13.9 Å². The molecule has 5 nitrogen and oxygen atoms in total. The lowest BCUT2D eigenvalue weighted by Crippen LogP contribution is -2.35. The minimum atomic E-state index is -0.253. The summed E-state index contributed by atoms with van der Waals surface area (Å²) in [7, 11) is 0. The quantitative estimate of drug-likeness (QED) is 0.908. The molecule has 1 aliphatic heterocycles. The van der Waals surface area contributed by atoms with Crippen molar-refractivity contribution in [3.63, 3.8) is 0 Å². The summed E-state index contributed by atoms with van der Waals surface area (Å²) in [6, 6.07) is 5.89. The number of aromatic nitrogens is 1. The van der Waals surface area contributed by atoms with E-state index in [4.69, 9.17) is 9.15 Å². The molecule has 1 aliphatic rings. The Morgan fingerprint density at radius 1 is 1.47 bits per heavy atom. The molecule has 1 N–H and O–H groups in total. The molecule has 0 bridgehead atoms. The summed E-state index contributed by atoms with van der Waals surface area (Å²) in [5, 5.41) is 2.90. The maximum Gasteiger partial charge on any atom is 0.249 e. The van der Waals surface area contributed by atoms with Crippen molar-refractivity contribution in [3.8, 4) is 0 Å². The average Bonchev–Trinajstić information content (AvgIpc) is 3.09. The molecule has 0 saturated carbocycles. The van der Waals surface area contributed by atoms with Crippen LogP contribution in [0.4, 0.5) is 0 Å². The first-order chi connectivity index (χ1) is 9.33. The molecule has 19 heavy (non-hydrogen) atoms. The summed E-state index contributed by atoms with van der Waals surface area (Å²) in [4.78, 5) is 15.8. The number of rotatable bonds is 4. The molecule has 1 saturated heterocycles. The summed E-state index contributed by atoms with van der Waals surface area (Å²) in [6.07, 6.45) is 3.76. The second kappa shape index (κ2) is 5.40. The highest BCUT2D eigenvalue weighted by Crippen LogP contribution is 2.15. The van der Waals surface area contributed by atoms with Gasteiger partial charge in [-0.3, -0.25) is 4.79 Å². The van der Waals surface area contributed by atoms with Gasteiger partial charge < -0.3 is 14.5 Å². The van der Waals surface area contributed by atoms with Crippen LogP contribution in [0.3, 0.4) is 0 Å². The Labute approximate surface area is 111 Å². The van der Waals surface area contributed by atoms with Crippen molar-refractivity contribution in [2.45, 2.75) is 25.4 Å². The van der Waals surface area contributed by atoms with Crippen LogP contribution < -0.4 is 5.32 Å². The SMILES string of the molecule is O=C(NCCc1ccc2ncoc2c1)C1CCCO1. The lowest BCUT2D eigenvalue weighted by atomic mass is 10.1. The van der Waals surface area contributed by atoms with Crippen molar-refractivity contribution in [2.75, 3.05) is 13.2 Å². The first-order valence-electron chi connectivity index (χ1n) is 6.54. The Morgan fingerprint density at radius 3 is 3.26 bits per heavy atom. The van der Waals surface area contributed by atoms with E-state index in [1.54, 1.807) is 0 Å². The number of nitrogens with zero attached hydrogens (tertiary/aromatic N) is 1. The summed E-state index contributed by atoms with van der Waals surface area (Å²) >= 11 is 0. The van der Waals surface area contributed by atoms with E-state index in [1.807, 2.05) is 18.2 Å². The van der Waals surface area contributed by atoms with Crippen LogP contribution in [0.1, 0.15) is 18.4 Å². The van der Waals surface area contributed by atoms with E-state index in [0.29, 0.717) is 13.2 Å². The highest BCUT2D eigenvalue weighted by atomic mass is 16.5. The molecule has 0 aliphatic carbocycles. The Kier molecular flexibility index (Phi) is 3.46. The number of carbonyl (C=O) groups excluding carboxylic acids is 1. The van der Waals surface area contributed by atoms with Gasteiger partial charge in [0.25, 0.3) is 0 Å². The second-order valence-corrected chi connectivity index (χ2v) is 4.70. The molecule has 1 unspecified atom stereocenters. The van der Waals surface area contributed by atoms with Gasteiger partial charge in [0.15, 0.2) is 12.0 Å². The number of benzene rings is 1. The van der Waals surface area contributed by atoms with E-state index < -0.39 is 0 Å². The van der Waals surface area contributed by atoms with Gasteiger partial charge in [-0.2, -0.15) is 0 Å².